The third-order valence-corrected chi connectivity index (χ3v) is 4.63. The fourth-order valence-electron chi connectivity index (χ4n) is 3.39. The number of fused-ring (bicyclic) bond motifs is 1. The van der Waals surface area contributed by atoms with Crippen molar-refractivity contribution in [1.29, 1.82) is 0 Å². The molecule has 116 valence electrons. The summed E-state index contributed by atoms with van der Waals surface area (Å²) in [7, 11) is 0. The number of nitrogens with zero attached hydrogens (tertiary/aromatic N) is 1. The highest BCUT2D eigenvalue weighted by Crippen LogP contribution is 2.30. The summed E-state index contributed by atoms with van der Waals surface area (Å²) in [6.07, 6.45) is 3.27. The molecule has 0 unspecified atom stereocenters. The van der Waals surface area contributed by atoms with Crippen molar-refractivity contribution in [2.75, 3.05) is 11.4 Å². The van der Waals surface area contributed by atoms with Gasteiger partial charge in [-0.25, -0.2) is 0 Å². The molecular weight excluding hydrogens is 274 g/mol. The first kappa shape index (κ1) is 15.0. The summed E-state index contributed by atoms with van der Waals surface area (Å²) in [6, 6.07) is 6.73. The monoisotopic (exact) mass is 297 g/mol. The van der Waals surface area contributed by atoms with E-state index in [-0.39, 0.29) is 10.9 Å². The van der Waals surface area contributed by atoms with E-state index >= 15 is 0 Å². The maximum atomic E-state index is 11.7. The van der Waals surface area contributed by atoms with Crippen LogP contribution in [0.5, 0.6) is 0 Å². The maximum absolute atomic E-state index is 11.7. The fourth-order valence-corrected chi connectivity index (χ4v) is 3.39. The maximum Gasteiger partial charge on any atom is 0.231 e. The van der Waals surface area contributed by atoms with E-state index in [2.05, 4.69) is 36.9 Å². The zero-order valence-corrected chi connectivity index (χ0v) is 13.6. The molecule has 0 bridgehead atoms. The first-order chi connectivity index (χ1) is 10.5. The van der Waals surface area contributed by atoms with E-state index in [0.29, 0.717) is 23.6 Å². The Morgan fingerprint density at radius 3 is 2.64 bits per heavy atom. The first-order valence-electron chi connectivity index (χ1n) is 8.13. The molecule has 0 spiro atoms. The number of aryl methyl sites for hydroxylation is 1. The van der Waals surface area contributed by atoms with Gasteiger partial charge in [0.25, 0.3) is 0 Å². The third kappa shape index (κ3) is 2.60. The van der Waals surface area contributed by atoms with Gasteiger partial charge < -0.3 is 4.90 Å². The van der Waals surface area contributed by atoms with Crippen molar-refractivity contribution < 1.29 is 0 Å². The molecule has 0 amide bonds. The normalized spacial score (nSPS) is 14.6. The van der Waals surface area contributed by atoms with Crippen LogP contribution in [0.25, 0.3) is 0 Å². The molecule has 0 saturated heterocycles. The van der Waals surface area contributed by atoms with Gasteiger partial charge in [0.1, 0.15) is 0 Å². The van der Waals surface area contributed by atoms with Gasteiger partial charge in [-0.2, -0.15) is 0 Å². The Bertz CT molecular complexity index is 766. The van der Waals surface area contributed by atoms with Gasteiger partial charge >= 0.3 is 0 Å². The summed E-state index contributed by atoms with van der Waals surface area (Å²) < 4.78 is 0. The van der Waals surface area contributed by atoms with Crippen molar-refractivity contribution in [1.82, 2.24) is 0 Å². The molecule has 0 N–H and O–H groups in total. The lowest BCUT2D eigenvalue weighted by Gasteiger charge is -2.32. The SMILES string of the molecule is Cc1c(CN2CCCc3ccc(CC(C)C)cc32)c(=O)c1=O. The second kappa shape index (κ2) is 5.71. The van der Waals surface area contributed by atoms with Crippen LogP contribution in [0.4, 0.5) is 5.69 Å². The highest BCUT2D eigenvalue weighted by molar-refractivity contribution is 5.58. The number of hydrogen-bond donors (Lipinski definition) is 0. The van der Waals surface area contributed by atoms with Crippen LogP contribution in [-0.2, 0) is 19.4 Å². The van der Waals surface area contributed by atoms with Crippen molar-refractivity contribution in [3.8, 4) is 0 Å². The van der Waals surface area contributed by atoms with Crippen LogP contribution in [0, 0.1) is 12.8 Å². The van der Waals surface area contributed by atoms with Gasteiger partial charge in [-0.1, -0.05) is 26.0 Å². The predicted molar refractivity (Wildman–Crippen MR) is 90.4 cm³/mol. The van der Waals surface area contributed by atoms with Gasteiger partial charge in [0.2, 0.25) is 10.9 Å². The molecule has 2 aromatic carbocycles. The minimum absolute atomic E-state index is 0.289. The lowest BCUT2D eigenvalue weighted by molar-refractivity contribution is 0.643. The van der Waals surface area contributed by atoms with Crippen LogP contribution in [0.3, 0.4) is 0 Å². The van der Waals surface area contributed by atoms with Crippen molar-refractivity contribution in [2.24, 2.45) is 5.92 Å². The molecular formula is C19H23NO2. The number of hydrogen-bond acceptors (Lipinski definition) is 3. The number of rotatable bonds is 4. The number of anilines is 1. The Labute approximate surface area is 131 Å². The third-order valence-electron chi connectivity index (χ3n) is 4.63. The van der Waals surface area contributed by atoms with Crippen LogP contribution in [0.2, 0.25) is 0 Å². The summed E-state index contributed by atoms with van der Waals surface area (Å²) in [5, 5.41) is 0. The molecule has 3 rings (SSSR count). The van der Waals surface area contributed by atoms with E-state index in [1.165, 1.54) is 16.8 Å². The summed E-state index contributed by atoms with van der Waals surface area (Å²) >= 11 is 0. The Kier molecular flexibility index (Phi) is 3.90. The molecule has 0 aromatic heterocycles. The Morgan fingerprint density at radius 2 is 1.95 bits per heavy atom. The van der Waals surface area contributed by atoms with E-state index < -0.39 is 0 Å². The molecule has 1 heterocycles. The van der Waals surface area contributed by atoms with Crippen molar-refractivity contribution in [3.63, 3.8) is 0 Å². The molecule has 0 atom stereocenters. The lowest BCUT2D eigenvalue weighted by Crippen LogP contribution is -2.42. The molecule has 0 fully saturated rings. The van der Waals surface area contributed by atoms with E-state index in [9.17, 15) is 9.59 Å². The van der Waals surface area contributed by atoms with Crippen LogP contribution in [0.15, 0.2) is 27.8 Å². The van der Waals surface area contributed by atoms with E-state index in [4.69, 9.17) is 0 Å². The first-order valence-corrected chi connectivity index (χ1v) is 8.13. The van der Waals surface area contributed by atoms with Gasteiger partial charge in [0.05, 0.1) is 0 Å². The quantitative estimate of drug-likeness (QED) is 0.814. The molecule has 3 heteroatoms. The highest BCUT2D eigenvalue weighted by atomic mass is 16.2. The molecule has 0 aliphatic carbocycles. The topological polar surface area (TPSA) is 37.4 Å². The summed E-state index contributed by atoms with van der Waals surface area (Å²) in [5.41, 5.74) is 4.71. The van der Waals surface area contributed by atoms with Crippen molar-refractivity contribution >= 4 is 5.69 Å². The van der Waals surface area contributed by atoms with Crippen LogP contribution < -0.4 is 15.8 Å². The smallest absolute Gasteiger partial charge is 0.231 e. The minimum Gasteiger partial charge on any atom is -0.367 e. The zero-order chi connectivity index (χ0) is 15.9. The average Bonchev–Trinajstić information content (AvgIpc) is 2.51. The van der Waals surface area contributed by atoms with Gasteiger partial charge in [-0.15, -0.1) is 0 Å². The second-order valence-corrected chi connectivity index (χ2v) is 6.85. The molecule has 2 aromatic rings. The summed E-state index contributed by atoms with van der Waals surface area (Å²) in [5.74, 6) is 0.630. The van der Waals surface area contributed by atoms with Crippen LogP contribution in [0.1, 0.15) is 42.5 Å². The van der Waals surface area contributed by atoms with Crippen LogP contribution >= 0.6 is 0 Å². The molecule has 0 radical (unpaired) electrons. The summed E-state index contributed by atoms with van der Waals surface area (Å²) in [4.78, 5) is 25.4. The second-order valence-electron chi connectivity index (χ2n) is 6.85. The minimum atomic E-state index is -0.305. The summed E-state index contributed by atoms with van der Waals surface area (Å²) in [6.45, 7) is 7.75. The molecule has 22 heavy (non-hydrogen) atoms. The average molecular weight is 297 g/mol. The van der Waals surface area contributed by atoms with E-state index in [1.807, 2.05) is 0 Å². The van der Waals surface area contributed by atoms with Crippen molar-refractivity contribution in [2.45, 2.75) is 46.6 Å². The van der Waals surface area contributed by atoms with Gasteiger partial charge in [0, 0.05) is 29.9 Å². The van der Waals surface area contributed by atoms with Crippen molar-refractivity contribution in [3.05, 3.63) is 60.9 Å². The molecule has 3 nitrogen and oxygen atoms in total. The van der Waals surface area contributed by atoms with E-state index in [1.54, 1.807) is 6.92 Å². The largest absolute Gasteiger partial charge is 0.367 e. The lowest BCUT2D eigenvalue weighted by atomic mass is 9.94. The van der Waals surface area contributed by atoms with Gasteiger partial charge in [0.15, 0.2) is 0 Å². The van der Waals surface area contributed by atoms with E-state index in [0.717, 1.165) is 25.8 Å². The standard InChI is InChI=1S/C19H23NO2/c1-12(2)9-14-6-7-15-5-4-8-20(17(15)10-14)11-16-13(3)18(21)19(16)22/h6-7,10,12H,4-5,8-9,11H2,1-3H3. The van der Waals surface area contributed by atoms with Crippen LogP contribution in [-0.4, -0.2) is 6.54 Å². The number of benzene rings is 1. The Morgan fingerprint density at radius 1 is 1.18 bits per heavy atom. The molecule has 1 aliphatic rings. The predicted octanol–water partition coefficient (Wildman–Crippen LogP) is 2.74. The van der Waals surface area contributed by atoms with Gasteiger partial charge in [-0.05, 0) is 49.3 Å². The molecule has 1 aliphatic heterocycles. The zero-order valence-electron chi connectivity index (χ0n) is 13.6. The highest BCUT2D eigenvalue weighted by Gasteiger charge is 2.23. The molecule has 0 saturated carbocycles. The Balaban J connectivity index is 1.90. The Hall–Kier alpha value is -1.90. The van der Waals surface area contributed by atoms with Gasteiger partial charge in [-0.3, -0.25) is 9.59 Å². The fraction of sp³-hybridized carbons (Fsp3) is 0.474.